The molecule has 108 valence electrons. The molecule has 4 atom stereocenters. The number of guanidine groups is 1. The van der Waals surface area contributed by atoms with E-state index >= 15 is 0 Å². The topological polar surface area (TPSA) is 59.6 Å². The van der Waals surface area contributed by atoms with Crippen LogP contribution < -0.4 is 11.1 Å². The zero-order valence-electron chi connectivity index (χ0n) is 11.8. The summed E-state index contributed by atoms with van der Waals surface area (Å²) in [6.45, 7) is 2.58. The monoisotopic (exact) mass is 265 g/mol. The zero-order chi connectivity index (χ0) is 13.1. The van der Waals surface area contributed by atoms with Crippen LogP contribution >= 0.6 is 0 Å². The van der Waals surface area contributed by atoms with Crippen molar-refractivity contribution in [2.75, 3.05) is 19.7 Å². The highest BCUT2D eigenvalue weighted by Gasteiger charge is 2.38. The van der Waals surface area contributed by atoms with Crippen LogP contribution in [0.5, 0.6) is 0 Å². The Bertz CT molecular complexity index is 325. The molecule has 3 aliphatic rings. The number of nitrogens with zero attached hydrogens (tertiary/aromatic N) is 1. The van der Waals surface area contributed by atoms with Gasteiger partial charge in [0.25, 0.3) is 0 Å². The fourth-order valence-electron chi connectivity index (χ4n) is 4.16. The van der Waals surface area contributed by atoms with Gasteiger partial charge in [-0.05, 0) is 56.3 Å². The quantitative estimate of drug-likeness (QED) is 0.589. The maximum Gasteiger partial charge on any atom is 0.188 e. The van der Waals surface area contributed by atoms with Crippen molar-refractivity contribution < 1.29 is 4.74 Å². The first-order valence-corrected chi connectivity index (χ1v) is 7.96. The number of fused-ring (bicyclic) bond motifs is 2. The van der Waals surface area contributed by atoms with Crippen LogP contribution in [0.3, 0.4) is 0 Å². The Morgan fingerprint density at radius 2 is 2.21 bits per heavy atom. The third kappa shape index (κ3) is 3.41. The zero-order valence-corrected chi connectivity index (χ0v) is 11.8. The largest absolute Gasteiger partial charge is 0.376 e. The summed E-state index contributed by atoms with van der Waals surface area (Å²) in [5.41, 5.74) is 5.90. The molecule has 0 aromatic heterocycles. The van der Waals surface area contributed by atoms with Crippen LogP contribution in [0.15, 0.2) is 4.99 Å². The maximum absolute atomic E-state index is 5.90. The lowest BCUT2D eigenvalue weighted by Crippen LogP contribution is -2.34. The van der Waals surface area contributed by atoms with Gasteiger partial charge in [-0.2, -0.15) is 0 Å². The molecule has 4 nitrogen and oxygen atoms in total. The van der Waals surface area contributed by atoms with Crippen LogP contribution in [0.1, 0.15) is 44.9 Å². The molecular weight excluding hydrogens is 238 g/mol. The van der Waals surface area contributed by atoms with Gasteiger partial charge < -0.3 is 15.8 Å². The molecule has 0 spiro atoms. The summed E-state index contributed by atoms with van der Waals surface area (Å²) in [5.74, 6) is 3.59. The minimum Gasteiger partial charge on any atom is -0.376 e. The second kappa shape index (κ2) is 6.12. The van der Waals surface area contributed by atoms with E-state index in [4.69, 9.17) is 10.5 Å². The van der Waals surface area contributed by atoms with Gasteiger partial charge in [0, 0.05) is 13.2 Å². The molecule has 4 heteroatoms. The van der Waals surface area contributed by atoms with E-state index in [1.165, 1.54) is 32.1 Å². The van der Waals surface area contributed by atoms with E-state index in [1.54, 1.807) is 0 Å². The summed E-state index contributed by atoms with van der Waals surface area (Å²) in [6, 6.07) is 0. The van der Waals surface area contributed by atoms with Gasteiger partial charge in [-0.3, -0.25) is 4.99 Å². The first-order valence-electron chi connectivity index (χ1n) is 7.96. The summed E-state index contributed by atoms with van der Waals surface area (Å²) >= 11 is 0. The van der Waals surface area contributed by atoms with E-state index < -0.39 is 0 Å². The molecule has 3 rings (SSSR count). The van der Waals surface area contributed by atoms with Gasteiger partial charge in [-0.1, -0.05) is 6.42 Å². The van der Waals surface area contributed by atoms with Crippen molar-refractivity contribution in [3.63, 3.8) is 0 Å². The lowest BCUT2D eigenvalue weighted by molar-refractivity contribution is 0.117. The van der Waals surface area contributed by atoms with Crippen LogP contribution in [0.25, 0.3) is 0 Å². The predicted octanol–water partition coefficient (Wildman–Crippen LogP) is 1.90. The second-order valence-corrected chi connectivity index (χ2v) is 6.51. The highest BCUT2D eigenvalue weighted by molar-refractivity contribution is 5.77. The molecular formula is C15H27N3O. The Labute approximate surface area is 116 Å². The summed E-state index contributed by atoms with van der Waals surface area (Å²) in [6.07, 6.45) is 9.76. The van der Waals surface area contributed by atoms with Gasteiger partial charge in [0.15, 0.2) is 5.96 Å². The van der Waals surface area contributed by atoms with E-state index in [1.807, 2.05) is 0 Å². The number of rotatable bonds is 5. The van der Waals surface area contributed by atoms with E-state index in [2.05, 4.69) is 10.3 Å². The van der Waals surface area contributed by atoms with E-state index in [0.717, 1.165) is 43.7 Å². The summed E-state index contributed by atoms with van der Waals surface area (Å²) in [5, 5.41) is 3.27. The van der Waals surface area contributed by atoms with Crippen LogP contribution in [0.4, 0.5) is 0 Å². The number of hydrogen-bond donors (Lipinski definition) is 2. The van der Waals surface area contributed by atoms with Crippen molar-refractivity contribution in [2.24, 2.45) is 28.5 Å². The van der Waals surface area contributed by atoms with E-state index in [0.29, 0.717) is 18.6 Å². The molecule has 2 bridgehead atoms. The van der Waals surface area contributed by atoms with Gasteiger partial charge in [-0.25, -0.2) is 0 Å². The Morgan fingerprint density at radius 1 is 1.26 bits per heavy atom. The number of ether oxygens (including phenoxy) is 1. The SMILES string of the molecule is NC(=NCC1CCCO1)NCCC1CC2CCC1C2. The number of nitrogens with one attached hydrogen (secondary N) is 1. The summed E-state index contributed by atoms with van der Waals surface area (Å²) in [4.78, 5) is 4.38. The number of hydrogen-bond acceptors (Lipinski definition) is 2. The Kier molecular flexibility index (Phi) is 4.26. The average Bonchev–Trinajstić information content (AvgIpc) is 3.13. The maximum atomic E-state index is 5.90. The molecule has 3 fully saturated rings. The molecule has 0 aromatic carbocycles. The third-order valence-electron chi connectivity index (χ3n) is 5.20. The minimum absolute atomic E-state index is 0.297. The predicted molar refractivity (Wildman–Crippen MR) is 77.0 cm³/mol. The van der Waals surface area contributed by atoms with Crippen molar-refractivity contribution in [2.45, 2.75) is 51.0 Å². The lowest BCUT2D eigenvalue weighted by Gasteiger charge is -2.21. The fraction of sp³-hybridized carbons (Fsp3) is 0.933. The molecule has 3 N–H and O–H groups in total. The summed E-state index contributed by atoms with van der Waals surface area (Å²) < 4.78 is 5.53. The van der Waals surface area contributed by atoms with Crippen molar-refractivity contribution >= 4 is 5.96 Å². The van der Waals surface area contributed by atoms with Crippen LogP contribution in [0.2, 0.25) is 0 Å². The molecule has 1 heterocycles. The van der Waals surface area contributed by atoms with Gasteiger partial charge >= 0.3 is 0 Å². The highest BCUT2D eigenvalue weighted by Crippen LogP contribution is 2.49. The van der Waals surface area contributed by atoms with Gasteiger partial charge in [0.2, 0.25) is 0 Å². The van der Waals surface area contributed by atoms with Crippen molar-refractivity contribution in [1.29, 1.82) is 0 Å². The average molecular weight is 265 g/mol. The summed E-state index contributed by atoms with van der Waals surface area (Å²) in [7, 11) is 0. The first kappa shape index (κ1) is 13.2. The van der Waals surface area contributed by atoms with Gasteiger partial charge in [0.05, 0.1) is 12.6 Å². The number of aliphatic imine (C=N–C) groups is 1. The van der Waals surface area contributed by atoms with Crippen LogP contribution in [-0.2, 0) is 4.74 Å². The first-order chi connectivity index (χ1) is 9.31. The molecule has 0 aromatic rings. The molecule has 19 heavy (non-hydrogen) atoms. The Hall–Kier alpha value is -0.770. The van der Waals surface area contributed by atoms with Crippen molar-refractivity contribution in [1.82, 2.24) is 5.32 Å². The normalized spacial score (nSPS) is 38.0. The lowest BCUT2D eigenvalue weighted by atomic mass is 9.86. The van der Waals surface area contributed by atoms with Crippen molar-refractivity contribution in [3.8, 4) is 0 Å². The van der Waals surface area contributed by atoms with E-state index in [9.17, 15) is 0 Å². The molecule has 2 saturated carbocycles. The van der Waals surface area contributed by atoms with Gasteiger partial charge in [0.1, 0.15) is 0 Å². The fourth-order valence-corrected chi connectivity index (χ4v) is 4.16. The van der Waals surface area contributed by atoms with Crippen molar-refractivity contribution in [3.05, 3.63) is 0 Å². The molecule has 4 unspecified atom stereocenters. The highest BCUT2D eigenvalue weighted by atomic mass is 16.5. The van der Waals surface area contributed by atoms with Gasteiger partial charge in [-0.15, -0.1) is 0 Å². The van der Waals surface area contributed by atoms with Crippen LogP contribution in [0, 0.1) is 17.8 Å². The van der Waals surface area contributed by atoms with E-state index in [-0.39, 0.29) is 0 Å². The standard InChI is InChI=1S/C15H27N3O/c16-15(18-10-14-2-1-7-19-14)17-6-5-13-9-11-3-4-12(13)8-11/h11-14H,1-10H2,(H3,16,17,18). The second-order valence-electron chi connectivity index (χ2n) is 6.51. The molecule has 0 radical (unpaired) electrons. The molecule has 1 aliphatic heterocycles. The minimum atomic E-state index is 0.297. The third-order valence-corrected chi connectivity index (χ3v) is 5.20. The Morgan fingerprint density at radius 3 is 2.89 bits per heavy atom. The molecule has 0 amide bonds. The Balaban J connectivity index is 1.31. The molecule has 2 aliphatic carbocycles. The smallest absolute Gasteiger partial charge is 0.188 e. The molecule has 1 saturated heterocycles. The van der Waals surface area contributed by atoms with Crippen LogP contribution in [-0.4, -0.2) is 31.8 Å². The number of nitrogens with two attached hydrogens (primary N) is 1.